The molecule has 2 aromatic carbocycles. The van der Waals surface area contributed by atoms with Crippen molar-refractivity contribution in [2.24, 2.45) is 0 Å². The summed E-state index contributed by atoms with van der Waals surface area (Å²) in [5, 5.41) is 3.37. The van der Waals surface area contributed by atoms with Gasteiger partial charge in [0.15, 0.2) is 0 Å². The standard InChI is InChI=1S/C19H25NO/c1-2-3-4-5-9-16-21-19-14-12-18(13-15-19)20-17-10-7-6-8-11-17/h6-8,10-15,20H,2-5,9,16H2,1H3. The highest BCUT2D eigenvalue weighted by molar-refractivity contribution is 5.59. The van der Waals surface area contributed by atoms with Crippen LogP contribution in [0.15, 0.2) is 54.6 Å². The molecule has 0 saturated heterocycles. The zero-order valence-electron chi connectivity index (χ0n) is 12.8. The van der Waals surface area contributed by atoms with Crippen LogP contribution in [0.25, 0.3) is 0 Å². The van der Waals surface area contributed by atoms with Crippen LogP contribution >= 0.6 is 0 Å². The number of hydrogen-bond acceptors (Lipinski definition) is 2. The van der Waals surface area contributed by atoms with Crippen LogP contribution in [0.3, 0.4) is 0 Å². The Kier molecular flexibility index (Phi) is 6.66. The molecule has 1 N–H and O–H groups in total. The molecule has 0 saturated carbocycles. The summed E-state index contributed by atoms with van der Waals surface area (Å²) in [5.74, 6) is 0.948. The fourth-order valence-corrected chi connectivity index (χ4v) is 2.22. The van der Waals surface area contributed by atoms with Crippen LogP contribution in [-0.4, -0.2) is 6.61 Å². The molecule has 2 heteroatoms. The third-order valence-electron chi connectivity index (χ3n) is 3.43. The molecule has 0 aliphatic carbocycles. The van der Waals surface area contributed by atoms with Crippen molar-refractivity contribution in [3.05, 3.63) is 54.6 Å². The monoisotopic (exact) mass is 283 g/mol. The highest BCUT2D eigenvalue weighted by Gasteiger charge is 1.97. The third-order valence-corrected chi connectivity index (χ3v) is 3.43. The molecule has 2 nitrogen and oxygen atoms in total. The summed E-state index contributed by atoms with van der Waals surface area (Å²) < 4.78 is 5.76. The van der Waals surface area contributed by atoms with Crippen LogP contribution in [0, 0.1) is 0 Å². The van der Waals surface area contributed by atoms with Gasteiger partial charge in [-0.15, -0.1) is 0 Å². The van der Waals surface area contributed by atoms with Crippen LogP contribution in [0.1, 0.15) is 39.0 Å². The number of anilines is 2. The van der Waals surface area contributed by atoms with Crippen molar-refractivity contribution >= 4 is 11.4 Å². The Morgan fingerprint density at radius 3 is 2.14 bits per heavy atom. The number of rotatable bonds is 9. The molecule has 0 spiro atoms. The van der Waals surface area contributed by atoms with E-state index in [9.17, 15) is 0 Å². The maximum Gasteiger partial charge on any atom is 0.119 e. The molecule has 21 heavy (non-hydrogen) atoms. The number of hydrogen-bond donors (Lipinski definition) is 1. The molecule has 0 radical (unpaired) electrons. The van der Waals surface area contributed by atoms with Crippen molar-refractivity contribution in [3.8, 4) is 5.75 Å². The molecule has 0 aromatic heterocycles. The summed E-state index contributed by atoms with van der Waals surface area (Å²) in [6, 6.07) is 18.3. The normalized spacial score (nSPS) is 10.3. The Hall–Kier alpha value is -1.96. The zero-order chi connectivity index (χ0) is 14.8. The Morgan fingerprint density at radius 2 is 1.43 bits per heavy atom. The van der Waals surface area contributed by atoms with Gasteiger partial charge in [0, 0.05) is 11.4 Å². The topological polar surface area (TPSA) is 21.3 Å². The van der Waals surface area contributed by atoms with E-state index in [0.29, 0.717) is 0 Å². The average molecular weight is 283 g/mol. The van der Waals surface area contributed by atoms with Crippen molar-refractivity contribution in [3.63, 3.8) is 0 Å². The van der Waals surface area contributed by atoms with Crippen LogP contribution in [0.5, 0.6) is 5.75 Å². The predicted octanol–water partition coefficient (Wildman–Crippen LogP) is 5.78. The fourth-order valence-electron chi connectivity index (χ4n) is 2.22. The van der Waals surface area contributed by atoms with Crippen molar-refractivity contribution in [1.82, 2.24) is 0 Å². The van der Waals surface area contributed by atoms with E-state index in [1.54, 1.807) is 0 Å². The number of benzene rings is 2. The average Bonchev–Trinajstić information content (AvgIpc) is 2.53. The first-order valence-corrected chi connectivity index (χ1v) is 7.93. The van der Waals surface area contributed by atoms with Gasteiger partial charge < -0.3 is 10.1 Å². The highest BCUT2D eigenvalue weighted by Crippen LogP contribution is 2.20. The molecule has 0 unspecified atom stereocenters. The first kappa shape index (κ1) is 15.4. The minimum absolute atomic E-state index is 0.815. The molecule has 0 atom stereocenters. The smallest absolute Gasteiger partial charge is 0.119 e. The molecule has 0 aliphatic heterocycles. The highest BCUT2D eigenvalue weighted by atomic mass is 16.5. The third kappa shape index (κ3) is 5.90. The summed E-state index contributed by atoms with van der Waals surface area (Å²) in [4.78, 5) is 0. The van der Waals surface area contributed by atoms with Crippen molar-refractivity contribution in [2.75, 3.05) is 11.9 Å². The predicted molar refractivity (Wildman–Crippen MR) is 90.4 cm³/mol. The summed E-state index contributed by atoms with van der Waals surface area (Å²) in [7, 11) is 0. The van der Waals surface area contributed by atoms with Gasteiger partial charge in [-0.1, -0.05) is 50.8 Å². The van der Waals surface area contributed by atoms with Crippen molar-refractivity contribution in [1.29, 1.82) is 0 Å². The largest absolute Gasteiger partial charge is 0.494 e. The van der Waals surface area contributed by atoms with Gasteiger partial charge in [0.1, 0.15) is 5.75 Å². The first-order valence-electron chi connectivity index (χ1n) is 7.93. The second kappa shape index (κ2) is 9.06. The van der Waals surface area contributed by atoms with Gasteiger partial charge in [-0.3, -0.25) is 0 Å². The minimum atomic E-state index is 0.815. The van der Waals surface area contributed by atoms with Gasteiger partial charge >= 0.3 is 0 Å². The molecule has 0 aliphatic rings. The van der Waals surface area contributed by atoms with E-state index in [1.807, 2.05) is 30.3 Å². The lowest BCUT2D eigenvalue weighted by molar-refractivity contribution is 0.304. The van der Waals surface area contributed by atoms with Gasteiger partial charge in [-0.25, -0.2) is 0 Å². The second-order valence-corrected chi connectivity index (χ2v) is 5.28. The number of unbranched alkanes of at least 4 members (excludes halogenated alkanes) is 4. The van der Waals surface area contributed by atoms with E-state index >= 15 is 0 Å². The number of ether oxygens (including phenoxy) is 1. The lowest BCUT2D eigenvalue weighted by atomic mass is 10.2. The lowest BCUT2D eigenvalue weighted by Gasteiger charge is -2.09. The van der Waals surface area contributed by atoms with E-state index in [-0.39, 0.29) is 0 Å². The Morgan fingerprint density at radius 1 is 0.762 bits per heavy atom. The van der Waals surface area contributed by atoms with Gasteiger partial charge in [0.25, 0.3) is 0 Å². The Bertz CT molecular complexity index is 493. The quantitative estimate of drug-likeness (QED) is 0.589. The van der Waals surface area contributed by atoms with Gasteiger partial charge in [-0.2, -0.15) is 0 Å². The van der Waals surface area contributed by atoms with Crippen LogP contribution in [0.4, 0.5) is 11.4 Å². The van der Waals surface area contributed by atoms with E-state index in [0.717, 1.165) is 30.2 Å². The summed E-state index contributed by atoms with van der Waals surface area (Å²) in [6.45, 7) is 3.05. The van der Waals surface area contributed by atoms with E-state index in [4.69, 9.17) is 4.74 Å². The summed E-state index contributed by atoms with van der Waals surface area (Å²) in [6.07, 6.45) is 6.35. The van der Waals surface area contributed by atoms with Gasteiger partial charge in [0.05, 0.1) is 6.61 Å². The zero-order valence-corrected chi connectivity index (χ0v) is 12.8. The van der Waals surface area contributed by atoms with Gasteiger partial charge in [0.2, 0.25) is 0 Å². The fraction of sp³-hybridized carbons (Fsp3) is 0.368. The second-order valence-electron chi connectivity index (χ2n) is 5.28. The van der Waals surface area contributed by atoms with Crippen molar-refractivity contribution in [2.45, 2.75) is 39.0 Å². The molecular weight excluding hydrogens is 258 g/mol. The number of nitrogens with one attached hydrogen (secondary N) is 1. The molecule has 2 aromatic rings. The van der Waals surface area contributed by atoms with Crippen LogP contribution in [0.2, 0.25) is 0 Å². The lowest BCUT2D eigenvalue weighted by Crippen LogP contribution is -1.97. The maximum absolute atomic E-state index is 5.76. The number of para-hydroxylation sites is 1. The molecular formula is C19H25NO. The van der Waals surface area contributed by atoms with Gasteiger partial charge in [-0.05, 0) is 42.8 Å². The maximum atomic E-state index is 5.76. The molecule has 112 valence electrons. The van der Waals surface area contributed by atoms with Crippen molar-refractivity contribution < 1.29 is 4.74 Å². The summed E-state index contributed by atoms with van der Waals surface area (Å²) in [5.41, 5.74) is 2.18. The molecule has 0 bridgehead atoms. The molecule has 0 heterocycles. The van der Waals surface area contributed by atoms with E-state index in [2.05, 4.69) is 36.5 Å². The molecule has 0 amide bonds. The Labute approximate surface area is 128 Å². The minimum Gasteiger partial charge on any atom is -0.494 e. The Balaban J connectivity index is 1.72. The van der Waals surface area contributed by atoms with E-state index in [1.165, 1.54) is 25.7 Å². The van der Waals surface area contributed by atoms with E-state index < -0.39 is 0 Å². The molecule has 0 fully saturated rings. The van der Waals surface area contributed by atoms with Crippen LogP contribution in [-0.2, 0) is 0 Å². The first-order chi connectivity index (χ1) is 10.4. The molecule has 2 rings (SSSR count). The van der Waals surface area contributed by atoms with Crippen LogP contribution < -0.4 is 10.1 Å². The SMILES string of the molecule is CCCCCCCOc1ccc(Nc2ccccc2)cc1. The summed E-state index contributed by atoms with van der Waals surface area (Å²) >= 11 is 0.